The topological polar surface area (TPSA) is 131 Å². The molecule has 4 amide bonds. The van der Waals surface area contributed by atoms with Crippen molar-refractivity contribution in [2.24, 2.45) is 11.8 Å². The van der Waals surface area contributed by atoms with Gasteiger partial charge >= 0.3 is 17.9 Å². The van der Waals surface area contributed by atoms with Crippen molar-refractivity contribution in [3.05, 3.63) is 63.6 Å². The molecule has 4 aliphatic heterocycles. The number of amides is 4. The molecule has 5 heterocycles. The number of H-pyrrole nitrogens is 1. The quantitative estimate of drug-likeness (QED) is 0.397. The van der Waals surface area contributed by atoms with Gasteiger partial charge in [-0.2, -0.15) is 0 Å². The summed E-state index contributed by atoms with van der Waals surface area (Å²) < 4.78 is 11.4. The number of hydrogen-bond acceptors (Lipinski definition) is 7. The molecule has 12 nitrogen and oxygen atoms in total. The van der Waals surface area contributed by atoms with Gasteiger partial charge in [0, 0.05) is 50.9 Å². The maximum absolute atomic E-state index is 14.1. The van der Waals surface area contributed by atoms with Crippen molar-refractivity contribution in [2.45, 2.75) is 70.6 Å². The smallest absolute Gasteiger partial charge is 0.417 e. The van der Waals surface area contributed by atoms with Crippen molar-refractivity contribution in [1.82, 2.24) is 24.6 Å². The predicted octanol–water partition coefficient (Wildman–Crippen LogP) is 4.57. The summed E-state index contributed by atoms with van der Waals surface area (Å²) in [5.41, 5.74) is 4.52. The van der Waals surface area contributed by atoms with Crippen LogP contribution in [0.1, 0.15) is 55.2 Å². The molecule has 256 valence electrons. The van der Waals surface area contributed by atoms with Gasteiger partial charge in [-0.15, -0.1) is 0 Å². The minimum atomic E-state index is -1.01. The van der Waals surface area contributed by atoms with Crippen LogP contribution in [-0.2, 0) is 22.5 Å². The Hall–Kier alpha value is -4.32. The number of carbonyl (C=O) groups excluding carboxylic acids is 3. The summed E-state index contributed by atoms with van der Waals surface area (Å²) in [4.78, 5) is 62.9. The lowest BCUT2D eigenvalue weighted by atomic mass is 9.79. The Labute approximate surface area is 280 Å². The maximum Gasteiger partial charge on any atom is 0.417 e. The molecule has 0 bridgehead atoms. The molecule has 48 heavy (non-hydrogen) atoms. The number of aryl methyl sites for hydroxylation is 1. The average Bonchev–Trinajstić information content (AvgIpc) is 3.48. The van der Waals surface area contributed by atoms with Crippen LogP contribution in [0.25, 0.3) is 11.1 Å². The summed E-state index contributed by atoms with van der Waals surface area (Å²) in [6, 6.07) is 11.3. The van der Waals surface area contributed by atoms with Crippen molar-refractivity contribution in [2.75, 3.05) is 51.6 Å². The minimum absolute atomic E-state index is 0.00333. The van der Waals surface area contributed by atoms with E-state index >= 15 is 0 Å². The average molecular weight is 659 g/mol. The van der Waals surface area contributed by atoms with Crippen molar-refractivity contribution in [1.29, 1.82) is 0 Å². The number of fused-ring (bicyclic) bond motifs is 2. The number of ether oxygens (including phenoxy) is 1. The Balaban J connectivity index is 1.02. The van der Waals surface area contributed by atoms with Gasteiger partial charge in [0.15, 0.2) is 11.7 Å². The number of urea groups is 1. The van der Waals surface area contributed by atoms with Crippen LogP contribution >= 0.6 is 0 Å². The molecule has 3 aromatic rings. The van der Waals surface area contributed by atoms with E-state index < -0.39 is 18.0 Å². The summed E-state index contributed by atoms with van der Waals surface area (Å²) in [6.45, 7) is 6.83. The van der Waals surface area contributed by atoms with E-state index in [0.717, 1.165) is 48.3 Å². The van der Waals surface area contributed by atoms with Crippen LogP contribution < -0.4 is 11.1 Å². The number of nitrogens with zero attached hydrogens (tertiary/aromatic N) is 4. The van der Waals surface area contributed by atoms with Crippen molar-refractivity contribution in [3.63, 3.8) is 0 Å². The van der Waals surface area contributed by atoms with E-state index in [0.29, 0.717) is 68.5 Å². The molecule has 1 aromatic heterocycles. The number of aromatic nitrogens is 1. The van der Waals surface area contributed by atoms with Crippen LogP contribution in [0.4, 0.5) is 15.3 Å². The zero-order chi connectivity index (χ0) is 33.4. The molecule has 0 saturated carbocycles. The van der Waals surface area contributed by atoms with Gasteiger partial charge in [-0.05, 0) is 106 Å². The minimum Gasteiger partial charge on any atom is -0.436 e. The number of rotatable bonds is 6. The molecule has 1 atom stereocenters. The van der Waals surface area contributed by atoms with Gasteiger partial charge < -0.3 is 34.1 Å². The first kappa shape index (κ1) is 32.2. The normalized spacial score (nSPS) is 20.9. The maximum atomic E-state index is 14.1. The zero-order valence-electron chi connectivity index (χ0n) is 27.9. The molecular weight excluding hydrogens is 612 g/mol. The summed E-state index contributed by atoms with van der Waals surface area (Å²) in [7, 11) is 2.18. The first-order valence-corrected chi connectivity index (χ1v) is 17.4. The van der Waals surface area contributed by atoms with Gasteiger partial charge in [-0.3, -0.25) is 9.78 Å². The molecule has 0 aliphatic carbocycles. The van der Waals surface area contributed by atoms with Gasteiger partial charge in [-0.1, -0.05) is 24.3 Å². The third-order valence-electron chi connectivity index (χ3n) is 11.0. The molecule has 3 fully saturated rings. The van der Waals surface area contributed by atoms with Crippen LogP contribution in [0.15, 0.2) is 45.6 Å². The molecule has 0 spiro atoms. The first-order chi connectivity index (χ1) is 23.2. The molecule has 0 radical (unpaired) electrons. The molecule has 1 unspecified atom stereocenters. The molecular formula is C36H46N6O6. The summed E-state index contributed by atoms with van der Waals surface area (Å²) in [5.74, 6) is 0.594. The highest BCUT2D eigenvalue weighted by molar-refractivity contribution is 5.92. The fourth-order valence-corrected chi connectivity index (χ4v) is 8.17. The molecule has 12 heteroatoms. The number of aromatic amines is 1. The number of carbonyl (C=O) groups is 3. The van der Waals surface area contributed by atoms with Crippen LogP contribution in [0.3, 0.4) is 0 Å². The third-order valence-corrected chi connectivity index (χ3v) is 11.0. The highest BCUT2D eigenvalue weighted by Crippen LogP contribution is 2.33. The largest absolute Gasteiger partial charge is 0.436 e. The van der Waals surface area contributed by atoms with Crippen LogP contribution in [0.2, 0.25) is 0 Å². The fourth-order valence-electron chi connectivity index (χ4n) is 8.17. The molecule has 7 rings (SSSR count). The van der Waals surface area contributed by atoms with E-state index in [2.05, 4.69) is 22.2 Å². The van der Waals surface area contributed by atoms with Gasteiger partial charge in [0.25, 0.3) is 5.91 Å². The second kappa shape index (κ2) is 13.7. The van der Waals surface area contributed by atoms with E-state index in [9.17, 15) is 19.2 Å². The van der Waals surface area contributed by atoms with E-state index in [4.69, 9.17) is 9.15 Å². The zero-order valence-corrected chi connectivity index (χ0v) is 27.9. The van der Waals surface area contributed by atoms with Crippen LogP contribution in [0, 0.1) is 18.8 Å². The summed E-state index contributed by atoms with van der Waals surface area (Å²) in [6.07, 6.45) is 4.22. The monoisotopic (exact) mass is 658 g/mol. The second-order valence-corrected chi connectivity index (χ2v) is 14.1. The lowest BCUT2D eigenvalue weighted by molar-refractivity contribution is -0.142. The number of oxazole rings is 1. The second-order valence-electron chi connectivity index (χ2n) is 14.1. The fraction of sp³-hybridized carbons (Fsp3) is 0.556. The highest BCUT2D eigenvalue weighted by atomic mass is 16.6. The summed E-state index contributed by atoms with van der Waals surface area (Å²) >= 11 is 0. The number of likely N-dealkylation sites (tertiary alicyclic amines) is 3. The van der Waals surface area contributed by atoms with Gasteiger partial charge in [-0.25, -0.2) is 14.4 Å². The number of para-hydroxylation sites is 1. The van der Waals surface area contributed by atoms with Crippen molar-refractivity contribution < 1.29 is 23.5 Å². The van der Waals surface area contributed by atoms with E-state index in [1.807, 2.05) is 47.1 Å². The van der Waals surface area contributed by atoms with Gasteiger partial charge in [0.05, 0.1) is 5.52 Å². The van der Waals surface area contributed by atoms with Gasteiger partial charge in [0.1, 0.15) is 0 Å². The number of hydrogen-bond donors (Lipinski definition) is 2. The molecule has 4 aliphatic rings. The first-order valence-electron chi connectivity index (χ1n) is 17.4. The Bertz CT molecular complexity index is 1710. The number of nitrogens with one attached hydrogen (secondary N) is 2. The predicted molar refractivity (Wildman–Crippen MR) is 181 cm³/mol. The SMILES string of the molecule is Cc1cc(CC(OC(=O)N2CCC(N3Cc4ccccc4NC3=O)CC2)C(=O)N2CCC(C3CCN(C)CC3)CC2)cc2oc(=O)[nH]c12. The molecule has 3 saturated heterocycles. The Kier molecular flexibility index (Phi) is 9.17. The Morgan fingerprint density at radius 3 is 2.31 bits per heavy atom. The van der Waals surface area contributed by atoms with Crippen LogP contribution in [0.5, 0.6) is 0 Å². The van der Waals surface area contributed by atoms with Crippen molar-refractivity contribution >= 4 is 34.8 Å². The lowest BCUT2D eigenvalue weighted by Gasteiger charge is -2.41. The number of anilines is 1. The van der Waals surface area contributed by atoms with E-state index in [-0.39, 0.29) is 24.4 Å². The van der Waals surface area contributed by atoms with E-state index in [1.54, 1.807) is 11.0 Å². The van der Waals surface area contributed by atoms with Gasteiger partial charge in [0.2, 0.25) is 0 Å². The van der Waals surface area contributed by atoms with Crippen LogP contribution in [-0.4, -0.2) is 101 Å². The molecule has 2 N–H and O–H groups in total. The Morgan fingerprint density at radius 2 is 1.58 bits per heavy atom. The third kappa shape index (κ3) is 6.80. The highest BCUT2D eigenvalue weighted by Gasteiger charge is 2.37. The molecule has 2 aromatic carbocycles. The summed E-state index contributed by atoms with van der Waals surface area (Å²) in [5, 5.41) is 2.99. The lowest BCUT2D eigenvalue weighted by Crippen LogP contribution is -2.52. The standard InChI is InChI=1S/C36H46N6O6/c1-23-19-24(20-30-32(23)38-35(45)47-30)21-31(33(43)40-15-9-26(10-16-40)25-7-13-39(2)14-8-25)48-36(46)41-17-11-28(12-18-41)42-22-27-5-3-4-6-29(27)37-34(42)44/h3-6,19-20,25-26,28,31H,7-18,21-22H2,1-2H3,(H,37,44)(H,38,45). The van der Waals surface area contributed by atoms with Crippen molar-refractivity contribution in [3.8, 4) is 0 Å². The number of piperidine rings is 3. The Morgan fingerprint density at radius 1 is 0.917 bits per heavy atom. The number of benzene rings is 2. The van der Waals surface area contributed by atoms with E-state index in [1.165, 1.54) is 12.8 Å².